The van der Waals surface area contributed by atoms with Crippen LogP contribution in [0.25, 0.3) is 0 Å². The van der Waals surface area contributed by atoms with Crippen LogP contribution in [0, 0.1) is 10.1 Å². The lowest BCUT2D eigenvalue weighted by Gasteiger charge is -2.08. The lowest BCUT2D eigenvalue weighted by atomic mass is 10.2. The fourth-order valence-corrected chi connectivity index (χ4v) is 1.36. The number of anilines is 2. The summed E-state index contributed by atoms with van der Waals surface area (Å²) in [5.74, 6) is -0.512. The van der Waals surface area contributed by atoms with Crippen molar-refractivity contribution in [2.24, 2.45) is 0 Å². The topological polar surface area (TPSA) is 101 Å². The molecule has 1 aromatic carbocycles. The summed E-state index contributed by atoms with van der Waals surface area (Å²) in [4.78, 5) is 32.8. The minimum atomic E-state index is -0.580. The molecule has 0 aliphatic carbocycles. The summed E-state index contributed by atoms with van der Waals surface area (Å²) in [5.41, 5.74) is 0.375. The summed E-state index contributed by atoms with van der Waals surface area (Å²) in [6.07, 6.45) is 0.526. The Morgan fingerprint density at radius 2 is 1.47 bits per heavy atom. The van der Waals surface area contributed by atoms with Crippen LogP contribution in [0.3, 0.4) is 0 Å². The molecule has 2 amide bonds. The van der Waals surface area contributed by atoms with Crippen LogP contribution in [0.4, 0.5) is 17.1 Å². The maximum absolute atomic E-state index is 11.3. The monoisotopic (exact) mass is 265 g/mol. The third-order valence-electron chi connectivity index (χ3n) is 2.34. The van der Waals surface area contributed by atoms with Crippen LogP contribution in [0.2, 0.25) is 0 Å². The maximum atomic E-state index is 11.3. The first-order chi connectivity index (χ1) is 8.96. The number of benzene rings is 1. The van der Waals surface area contributed by atoms with E-state index in [0.717, 1.165) is 0 Å². The van der Waals surface area contributed by atoms with Crippen molar-refractivity contribution in [2.45, 2.75) is 26.7 Å². The Morgan fingerprint density at radius 3 is 1.79 bits per heavy atom. The molecule has 0 radical (unpaired) electrons. The van der Waals surface area contributed by atoms with E-state index in [1.165, 1.54) is 18.2 Å². The number of amides is 2. The van der Waals surface area contributed by atoms with Gasteiger partial charge in [-0.25, -0.2) is 0 Å². The van der Waals surface area contributed by atoms with Gasteiger partial charge in [-0.3, -0.25) is 19.7 Å². The van der Waals surface area contributed by atoms with Gasteiger partial charge in [-0.05, 0) is 6.07 Å². The fourth-order valence-electron chi connectivity index (χ4n) is 1.36. The van der Waals surface area contributed by atoms with Gasteiger partial charge in [0.2, 0.25) is 11.8 Å². The predicted molar refractivity (Wildman–Crippen MR) is 70.9 cm³/mol. The number of nitrogens with zero attached hydrogens (tertiary/aromatic N) is 1. The molecule has 0 aliphatic rings. The molecule has 7 heteroatoms. The quantitative estimate of drug-likeness (QED) is 0.629. The Bertz CT molecular complexity index is 477. The van der Waals surface area contributed by atoms with Gasteiger partial charge in [-0.1, -0.05) is 13.8 Å². The molecule has 102 valence electrons. The van der Waals surface area contributed by atoms with Gasteiger partial charge in [-0.2, -0.15) is 0 Å². The second-order valence-electron chi connectivity index (χ2n) is 3.83. The van der Waals surface area contributed by atoms with Gasteiger partial charge in [-0.15, -0.1) is 0 Å². The molecule has 0 fully saturated rings. The Kier molecular flexibility index (Phi) is 4.99. The summed E-state index contributed by atoms with van der Waals surface area (Å²) in [5, 5.41) is 15.8. The number of hydrogen-bond acceptors (Lipinski definition) is 4. The molecule has 0 saturated carbocycles. The molecule has 2 N–H and O–H groups in total. The molecule has 0 saturated heterocycles. The molecule has 0 spiro atoms. The minimum Gasteiger partial charge on any atom is -0.326 e. The van der Waals surface area contributed by atoms with E-state index in [1.54, 1.807) is 13.8 Å². The summed E-state index contributed by atoms with van der Waals surface area (Å²) in [6.45, 7) is 3.35. The number of carbonyl (C=O) groups is 2. The van der Waals surface area contributed by atoms with Crippen LogP contribution in [0.15, 0.2) is 18.2 Å². The van der Waals surface area contributed by atoms with Gasteiger partial charge in [0.05, 0.1) is 4.92 Å². The summed E-state index contributed by atoms with van der Waals surface area (Å²) >= 11 is 0. The molecule has 0 heterocycles. The van der Waals surface area contributed by atoms with Crippen molar-refractivity contribution in [3.8, 4) is 0 Å². The highest BCUT2D eigenvalue weighted by Gasteiger charge is 2.12. The van der Waals surface area contributed by atoms with E-state index in [-0.39, 0.29) is 41.7 Å². The number of non-ortho nitro benzene ring substituents is 1. The zero-order valence-corrected chi connectivity index (χ0v) is 10.7. The minimum absolute atomic E-state index is 0.194. The van der Waals surface area contributed by atoms with E-state index in [9.17, 15) is 19.7 Å². The van der Waals surface area contributed by atoms with Crippen LogP contribution < -0.4 is 10.6 Å². The Morgan fingerprint density at radius 1 is 1.05 bits per heavy atom. The van der Waals surface area contributed by atoms with Crippen molar-refractivity contribution < 1.29 is 14.5 Å². The SMILES string of the molecule is CCC(=O)Nc1cc(NC(=O)CC)cc([N+](=O)[O-])c1. The molecular formula is C12H15N3O4. The van der Waals surface area contributed by atoms with E-state index in [0.29, 0.717) is 0 Å². The molecular weight excluding hydrogens is 250 g/mol. The number of nitro benzene ring substituents is 1. The summed E-state index contributed by atoms with van der Waals surface area (Å²) < 4.78 is 0. The second kappa shape index (κ2) is 6.48. The van der Waals surface area contributed by atoms with Crippen molar-refractivity contribution in [3.05, 3.63) is 28.3 Å². The Balaban J connectivity index is 3.06. The van der Waals surface area contributed by atoms with Crippen LogP contribution >= 0.6 is 0 Å². The van der Waals surface area contributed by atoms with Gasteiger partial charge in [0.15, 0.2) is 0 Å². The largest absolute Gasteiger partial charge is 0.326 e. The lowest BCUT2D eigenvalue weighted by Crippen LogP contribution is -2.12. The van der Waals surface area contributed by atoms with Crippen LogP contribution in [-0.4, -0.2) is 16.7 Å². The normalized spacial score (nSPS) is 9.79. The van der Waals surface area contributed by atoms with Gasteiger partial charge in [0.1, 0.15) is 0 Å². The van der Waals surface area contributed by atoms with Crippen molar-refractivity contribution in [1.82, 2.24) is 0 Å². The number of carbonyl (C=O) groups excluding carboxylic acids is 2. The van der Waals surface area contributed by atoms with Gasteiger partial charge in [0.25, 0.3) is 5.69 Å². The first-order valence-electron chi connectivity index (χ1n) is 5.85. The first-order valence-corrected chi connectivity index (χ1v) is 5.85. The lowest BCUT2D eigenvalue weighted by molar-refractivity contribution is -0.384. The van der Waals surface area contributed by atoms with E-state index >= 15 is 0 Å². The van der Waals surface area contributed by atoms with Crippen molar-refractivity contribution >= 4 is 28.9 Å². The second-order valence-corrected chi connectivity index (χ2v) is 3.83. The molecule has 7 nitrogen and oxygen atoms in total. The summed E-state index contributed by atoms with van der Waals surface area (Å²) in [7, 11) is 0. The highest BCUT2D eigenvalue weighted by atomic mass is 16.6. The van der Waals surface area contributed by atoms with Gasteiger partial charge in [0, 0.05) is 36.3 Å². The van der Waals surface area contributed by atoms with Gasteiger partial charge < -0.3 is 10.6 Å². The standard InChI is InChI=1S/C12H15N3O4/c1-3-11(16)13-8-5-9(14-12(17)4-2)7-10(6-8)15(18)19/h5-7H,3-4H2,1-2H3,(H,13,16)(H,14,17). The molecule has 0 bridgehead atoms. The first kappa shape index (κ1) is 14.6. The smallest absolute Gasteiger partial charge is 0.273 e. The molecule has 0 aromatic heterocycles. The molecule has 0 atom stereocenters. The van der Waals surface area contributed by atoms with Crippen LogP contribution in [-0.2, 0) is 9.59 Å². The van der Waals surface area contributed by atoms with Gasteiger partial charge >= 0.3 is 0 Å². The number of rotatable bonds is 5. The number of nitro groups is 1. The molecule has 0 unspecified atom stereocenters. The van der Waals surface area contributed by atoms with Crippen molar-refractivity contribution in [2.75, 3.05) is 10.6 Å². The zero-order valence-electron chi connectivity index (χ0n) is 10.7. The zero-order chi connectivity index (χ0) is 14.4. The van der Waals surface area contributed by atoms with E-state index in [2.05, 4.69) is 10.6 Å². The third kappa shape index (κ3) is 4.38. The highest BCUT2D eigenvalue weighted by molar-refractivity contribution is 5.94. The van der Waals surface area contributed by atoms with E-state index in [4.69, 9.17) is 0 Å². The van der Waals surface area contributed by atoms with Crippen LogP contribution in [0.5, 0.6) is 0 Å². The fraction of sp³-hybridized carbons (Fsp3) is 0.333. The average Bonchev–Trinajstić information content (AvgIpc) is 2.37. The maximum Gasteiger partial charge on any atom is 0.273 e. The predicted octanol–water partition coefficient (Wildman–Crippen LogP) is 2.29. The average molecular weight is 265 g/mol. The van der Waals surface area contributed by atoms with Crippen LogP contribution in [0.1, 0.15) is 26.7 Å². The molecule has 1 aromatic rings. The van der Waals surface area contributed by atoms with E-state index < -0.39 is 4.92 Å². The number of nitrogens with one attached hydrogen (secondary N) is 2. The summed E-state index contributed by atoms with van der Waals surface area (Å²) in [6, 6.07) is 3.97. The molecule has 19 heavy (non-hydrogen) atoms. The number of hydrogen-bond donors (Lipinski definition) is 2. The third-order valence-corrected chi connectivity index (χ3v) is 2.34. The highest BCUT2D eigenvalue weighted by Crippen LogP contribution is 2.24. The molecule has 0 aliphatic heterocycles. The Hall–Kier alpha value is -2.44. The van der Waals surface area contributed by atoms with E-state index in [1.807, 2.05) is 0 Å². The Labute approximate surface area is 110 Å². The van der Waals surface area contributed by atoms with Crippen molar-refractivity contribution in [1.29, 1.82) is 0 Å². The van der Waals surface area contributed by atoms with Crippen molar-refractivity contribution in [3.63, 3.8) is 0 Å². The molecule has 1 rings (SSSR count).